The number of fused-ring (bicyclic) bond motifs is 1. The van der Waals surface area contributed by atoms with E-state index >= 15 is 0 Å². The number of carbonyl (C=O) groups excluding carboxylic acids is 1. The molecule has 1 amide bonds. The number of halogens is 5. The highest BCUT2D eigenvalue weighted by Gasteiger charge is 2.38. The van der Waals surface area contributed by atoms with Crippen molar-refractivity contribution in [1.29, 1.82) is 0 Å². The molecule has 0 spiro atoms. The fourth-order valence-corrected chi connectivity index (χ4v) is 5.11. The number of anilines is 1. The maximum absolute atomic E-state index is 13.9. The van der Waals surface area contributed by atoms with Crippen molar-refractivity contribution in [2.24, 2.45) is 0 Å². The predicted molar refractivity (Wildman–Crippen MR) is 139 cm³/mol. The lowest BCUT2D eigenvalue weighted by Gasteiger charge is -2.37. The van der Waals surface area contributed by atoms with E-state index in [9.17, 15) is 26.7 Å². The lowest BCUT2D eigenvalue weighted by molar-refractivity contribution is -0.145. The minimum atomic E-state index is -4.71. The van der Waals surface area contributed by atoms with Gasteiger partial charge in [-0.25, -0.2) is 23.7 Å². The van der Waals surface area contributed by atoms with Gasteiger partial charge in [0.2, 0.25) is 5.82 Å². The molecular weight excluding hydrogens is 533 g/mol. The van der Waals surface area contributed by atoms with Crippen LogP contribution in [0.4, 0.5) is 27.8 Å². The predicted octanol–water partition coefficient (Wildman–Crippen LogP) is 4.00. The summed E-state index contributed by atoms with van der Waals surface area (Å²) in [6.07, 6.45) is -3.39. The number of alkyl halides is 5. The minimum absolute atomic E-state index is 0.0142. The second-order valence-corrected chi connectivity index (χ2v) is 10.3. The van der Waals surface area contributed by atoms with Gasteiger partial charge in [-0.15, -0.1) is 0 Å². The molecule has 0 radical (unpaired) electrons. The molecule has 2 saturated heterocycles. The molecule has 0 saturated carbocycles. The van der Waals surface area contributed by atoms with Crippen LogP contribution in [0.15, 0.2) is 42.7 Å². The lowest BCUT2D eigenvalue weighted by Crippen LogP contribution is -2.45. The second kappa shape index (κ2) is 11.2. The Morgan fingerprint density at radius 2 is 1.68 bits per heavy atom. The highest BCUT2D eigenvalue weighted by Crippen LogP contribution is 2.33. The SMILES string of the molecule is CN1CCN(c2cc(C(=O)NCC(c3cnc(C(F)(F)F)nc3)N3CCC(F)(F)CC3)c3ccccc3n2)CC1. The smallest absolute Gasteiger partial charge is 0.354 e. The monoisotopic (exact) mass is 563 g/mol. The number of nitrogens with zero attached hydrogens (tertiary/aromatic N) is 6. The summed E-state index contributed by atoms with van der Waals surface area (Å²) < 4.78 is 66.8. The fourth-order valence-electron chi connectivity index (χ4n) is 5.11. The molecule has 3 aromatic rings. The zero-order valence-corrected chi connectivity index (χ0v) is 22.0. The maximum atomic E-state index is 13.9. The highest BCUT2D eigenvalue weighted by molar-refractivity contribution is 6.07. The van der Waals surface area contributed by atoms with Gasteiger partial charge in [-0.1, -0.05) is 18.2 Å². The Labute approximate surface area is 228 Å². The normalized spacial score (nSPS) is 19.5. The van der Waals surface area contributed by atoms with Crippen LogP contribution in [0.2, 0.25) is 0 Å². The number of piperazine rings is 1. The Kier molecular flexibility index (Phi) is 7.87. The van der Waals surface area contributed by atoms with Crippen LogP contribution in [-0.4, -0.2) is 89.4 Å². The largest absolute Gasteiger partial charge is 0.451 e. The molecule has 2 fully saturated rings. The first-order chi connectivity index (χ1) is 19.0. The van der Waals surface area contributed by atoms with Gasteiger partial charge in [-0.05, 0) is 19.2 Å². The molecule has 2 aromatic heterocycles. The number of likely N-dealkylation sites (N-methyl/N-ethyl adjacent to an activating group) is 1. The number of para-hydroxylation sites is 1. The van der Waals surface area contributed by atoms with E-state index in [0.29, 0.717) is 27.8 Å². The van der Waals surface area contributed by atoms with Crippen LogP contribution in [0.5, 0.6) is 0 Å². The summed E-state index contributed by atoms with van der Waals surface area (Å²) in [6, 6.07) is 8.36. The molecule has 4 heterocycles. The Morgan fingerprint density at radius 1 is 1.02 bits per heavy atom. The molecule has 214 valence electrons. The molecule has 1 unspecified atom stereocenters. The van der Waals surface area contributed by atoms with Crippen molar-refractivity contribution in [3.05, 3.63) is 59.7 Å². The van der Waals surface area contributed by atoms with Gasteiger partial charge in [0.1, 0.15) is 5.82 Å². The number of piperidine rings is 1. The van der Waals surface area contributed by atoms with Crippen molar-refractivity contribution < 1.29 is 26.7 Å². The van der Waals surface area contributed by atoms with E-state index in [1.165, 1.54) is 0 Å². The minimum Gasteiger partial charge on any atom is -0.354 e. The van der Waals surface area contributed by atoms with E-state index in [-0.39, 0.29) is 32.5 Å². The molecule has 0 aliphatic carbocycles. The first kappa shape index (κ1) is 28.1. The lowest BCUT2D eigenvalue weighted by atomic mass is 10.0. The van der Waals surface area contributed by atoms with Crippen molar-refractivity contribution in [1.82, 2.24) is 30.1 Å². The van der Waals surface area contributed by atoms with E-state index in [1.807, 2.05) is 25.2 Å². The van der Waals surface area contributed by atoms with Gasteiger partial charge in [0.15, 0.2) is 0 Å². The summed E-state index contributed by atoms with van der Waals surface area (Å²) in [6.45, 7) is 3.25. The molecule has 1 aromatic carbocycles. The summed E-state index contributed by atoms with van der Waals surface area (Å²) >= 11 is 0. The number of amides is 1. The topological polar surface area (TPSA) is 77.5 Å². The number of aromatic nitrogens is 3. The Bertz CT molecular complexity index is 1330. The van der Waals surface area contributed by atoms with Gasteiger partial charge in [-0.2, -0.15) is 13.2 Å². The van der Waals surface area contributed by atoms with Crippen LogP contribution in [0.25, 0.3) is 10.9 Å². The second-order valence-electron chi connectivity index (χ2n) is 10.3. The molecule has 40 heavy (non-hydrogen) atoms. The van der Waals surface area contributed by atoms with Gasteiger partial charge in [0, 0.05) is 82.0 Å². The van der Waals surface area contributed by atoms with Crippen LogP contribution < -0.4 is 10.2 Å². The van der Waals surface area contributed by atoms with Crippen molar-refractivity contribution in [2.75, 3.05) is 57.8 Å². The molecule has 1 N–H and O–H groups in total. The zero-order valence-electron chi connectivity index (χ0n) is 22.0. The van der Waals surface area contributed by atoms with Gasteiger partial charge >= 0.3 is 6.18 Å². The van der Waals surface area contributed by atoms with Crippen LogP contribution in [-0.2, 0) is 6.18 Å². The molecule has 5 rings (SSSR count). The molecule has 0 bridgehead atoms. The number of carbonyl (C=O) groups is 1. The number of pyridine rings is 1. The molecule has 2 aliphatic rings. The van der Waals surface area contributed by atoms with E-state index in [0.717, 1.165) is 38.6 Å². The summed E-state index contributed by atoms with van der Waals surface area (Å²) in [5, 5.41) is 3.55. The number of hydrogen-bond donors (Lipinski definition) is 1. The van der Waals surface area contributed by atoms with E-state index in [2.05, 4.69) is 25.1 Å². The third-order valence-corrected chi connectivity index (χ3v) is 7.51. The number of likely N-dealkylation sites (tertiary alicyclic amines) is 1. The fraction of sp³-hybridized carbons (Fsp3) is 0.481. The Hall–Kier alpha value is -3.45. The first-order valence-electron chi connectivity index (χ1n) is 13.1. The zero-order chi connectivity index (χ0) is 28.5. The third kappa shape index (κ3) is 6.30. The van der Waals surface area contributed by atoms with Gasteiger partial charge < -0.3 is 15.1 Å². The van der Waals surface area contributed by atoms with E-state index in [4.69, 9.17) is 4.98 Å². The van der Waals surface area contributed by atoms with Crippen LogP contribution in [0, 0.1) is 0 Å². The molecule has 8 nitrogen and oxygen atoms in total. The van der Waals surface area contributed by atoms with Gasteiger partial charge in [0.05, 0.1) is 17.1 Å². The third-order valence-electron chi connectivity index (χ3n) is 7.51. The number of benzene rings is 1. The maximum Gasteiger partial charge on any atom is 0.451 e. The quantitative estimate of drug-likeness (QED) is 0.455. The van der Waals surface area contributed by atoms with E-state index < -0.39 is 29.9 Å². The number of nitrogens with one attached hydrogen (secondary N) is 1. The van der Waals surface area contributed by atoms with Gasteiger partial charge in [0.25, 0.3) is 11.8 Å². The standard InChI is InChI=1S/C27H30F5N7O/c1-37-10-12-39(13-11-37)23-14-20(19-4-2-3-5-21(19)36-23)24(40)33-17-22(38-8-6-26(28,29)7-9-38)18-15-34-25(35-16-18)27(30,31)32/h2-5,14-16,22H,6-13,17H2,1H3,(H,33,40). The number of hydrogen-bond acceptors (Lipinski definition) is 7. The molecule has 13 heteroatoms. The van der Waals surface area contributed by atoms with Crippen molar-refractivity contribution in [3.63, 3.8) is 0 Å². The van der Waals surface area contributed by atoms with Crippen LogP contribution >= 0.6 is 0 Å². The summed E-state index contributed by atoms with van der Waals surface area (Å²) in [5.74, 6) is -3.81. The number of rotatable bonds is 6. The Balaban J connectivity index is 1.40. The molecule has 1 atom stereocenters. The summed E-state index contributed by atoms with van der Waals surface area (Å²) in [7, 11) is 2.05. The van der Waals surface area contributed by atoms with E-state index in [1.54, 1.807) is 17.0 Å². The van der Waals surface area contributed by atoms with Crippen molar-refractivity contribution >= 4 is 22.6 Å². The molecule has 2 aliphatic heterocycles. The average molecular weight is 564 g/mol. The van der Waals surface area contributed by atoms with Crippen molar-refractivity contribution in [2.45, 2.75) is 31.0 Å². The van der Waals surface area contributed by atoms with Crippen LogP contribution in [0.3, 0.4) is 0 Å². The first-order valence-corrected chi connectivity index (χ1v) is 13.1. The van der Waals surface area contributed by atoms with Crippen molar-refractivity contribution in [3.8, 4) is 0 Å². The summed E-state index contributed by atoms with van der Waals surface area (Å²) in [4.78, 5) is 31.3. The van der Waals surface area contributed by atoms with Crippen LogP contribution in [0.1, 0.15) is 40.6 Å². The van der Waals surface area contributed by atoms with Gasteiger partial charge in [-0.3, -0.25) is 9.69 Å². The molecular formula is C27H30F5N7O. The average Bonchev–Trinajstić information content (AvgIpc) is 2.93. The highest BCUT2D eigenvalue weighted by atomic mass is 19.4. The summed E-state index contributed by atoms with van der Waals surface area (Å²) in [5.41, 5.74) is 1.37. The Morgan fingerprint density at radius 3 is 2.33 bits per heavy atom.